The summed E-state index contributed by atoms with van der Waals surface area (Å²) in [5, 5.41) is 13.2. The van der Waals surface area contributed by atoms with Gasteiger partial charge in [-0.25, -0.2) is 0 Å². The van der Waals surface area contributed by atoms with Gasteiger partial charge in [-0.3, -0.25) is 9.59 Å². The molecule has 1 amide bonds. The minimum Gasteiger partial charge on any atom is -0.507 e. The van der Waals surface area contributed by atoms with E-state index in [0.29, 0.717) is 23.7 Å². The molecule has 5 nitrogen and oxygen atoms in total. The van der Waals surface area contributed by atoms with Gasteiger partial charge in [0.15, 0.2) is 0 Å². The highest BCUT2D eigenvalue weighted by molar-refractivity contribution is 7.10. The van der Waals surface area contributed by atoms with Crippen LogP contribution in [-0.4, -0.2) is 53.8 Å². The van der Waals surface area contributed by atoms with Gasteiger partial charge in [0, 0.05) is 28.6 Å². The Bertz CT molecular complexity index is 844. The zero-order chi connectivity index (χ0) is 18.8. The van der Waals surface area contributed by atoms with E-state index in [-0.39, 0.29) is 11.3 Å². The smallest absolute Gasteiger partial charge is 0.295 e. The lowest BCUT2D eigenvalue weighted by Gasteiger charge is -2.25. The van der Waals surface area contributed by atoms with Crippen molar-refractivity contribution in [1.82, 2.24) is 9.80 Å². The minimum atomic E-state index is -0.658. The van der Waals surface area contributed by atoms with Crippen molar-refractivity contribution in [2.45, 2.75) is 6.04 Å². The normalized spacial score (nSPS) is 19.5. The van der Waals surface area contributed by atoms with Gasteiger partial charge in [0.1, 0.15) is 5.76 Å². The molecule has 1 aromatic heterocycles. The summed E-state index contributed by atoms with van der Waals surface area (Å²) in [5.74, 6) is -1.42. The molecule has 1 fully saturated rings. The maximum atomic E-state index is 12.7. The second-order valence-electron chi connectivity index (χ2n) is 6.32. The molecule has 1 N–H and O–H groups in total. The van der Waals surface area contributed by atoms with E-state index < -0.39 is 17.7 Å². The molecular weight excluding hydrogens is 372 g/mol. The molecule has 0 spiro atoms. The van der Waals surface area contributed by atoms with E-state index in [2.05, 4.69) is 0 Å². The molecule has 0 bridgehead atoms. The number of rotatable bonds is 5. The quantitative estimate of drug-likeness (QED) is 0.483. The van der Waals surface area contributed by atoms with Crippen LogP contribution >= 0.6 is 22.9 Å². The van der Waals surface area contributed by atoms with E-state index in [1.165, 1.54) is 16.2 Å². The van der Waals surface area contributed by atoms with Crippen molar-refractivity contribution < 1.29 is 14.7 Å². The Hall–Kier alpha value is -2.15. The minimum absolute atomic E-state index is 0.124. The second-order valence-corrected chi connectivity index (χ2v) is 7.73. The molecule has 0 aliphatic carbocycles. The summed E-state index contributed by atoms with van der Waals surface area (Å²) in [4.78, 5) is 29.7. The van der Waals surface area contributed by atoms with Crippen molar-refractivity contribution in [2.24, 2.45) is 0 Å². The summed E-state index contributed by atoms with van der Waals surface area (Å²) < 4.78 is 0. The number of aliphatic hydroxyl groups excluding tert-OH is 1. The van der Waals surface area contributed by atoms with Gasteiger partial charge in [0.25, 0.3) is 11.7 Å². The SMILES string of the molecule is CN(C)CCN1C(=O)C(=O)/C(=C(/O)c2ccc(Cl)cc2)[C@@H]1c1cccs1. The molecule has 2 aromatic rings. The number of likely N-dealkylation sites (N-methyl/N-ethyl adjacent to an activating group) is 1. The van der Waals surface area contributed by atoms with Crippen LogP contribution in [0.15, 0.2) is 47.4 Å². The molecule has 1 saturated heterocycles. The first-order chi connectivity index (χ1) is 12.4. The van der Waals surface area contributed by atoms with Gasteiger partial charge in [-0.1, -0.05) is 17.7 Å². The molecule has 26 heavy (non-hydrogen) atoms. The Balaban J connectivity index is 2.09. The van der Waals surface area contributed by atoms with Gasteiger partial charge >= 0.3 is 0 Å². The zero-order valence-electron chi connectivity index (χ0n) is 14.5. The number of hydrogen-bond donors (Lipinski definition) is 1. The van der Waals surface area contributed by atoms with Gasteiger partial charge in [0.2, 0.25) is 0 Å². The third kappa shape index (κ3) is 3.53. The van der Waals surface area contributed by atoms with Crippen molar-refractivity contribution >= 4 is 40.4 Å². The summed E-state index contributed by atoms with van der Waals surface area (Å²) in [7, 11) is 3.81. The molecular formula is C19H19ClN2O3S. The summed E-state index contributed by atoms with van der Waals surface area (Å²) in [6.45, 7) is 1.02. The molecule has 3 rings (SSSR count). The maximum absolute atomic E-state index is 12.7. The first-order valence-electron chi connectivity index (χ1n) is 8.12. The summed E-state index contributed by atoms with van der Waals surface area (Å²) in [5.41, 5.74) is 0.583. The van der Waals surface area contributed by atoms with Gasteiger partial charge < -0.3 is 14.9 Å². The van der Waals surface area contributed by atoms with Crippen LogP contribution in [-0.2, 0) is 9.59 Å². The maximum Gasteiger partial charge on any atom is 0.295 e. The fourth-order valence-corrected chi connectivity index (χ4v) is 3.90. The van der Waals surface area contributed by atoms with Gasteiger partial charge in [-0.2, -0.15) is 0 Å². The number of Topliss-reactive ketones (excluding diaryl/α,β-unsaturated/α-hetero) is 1. The summed E-state index contributed by atoms with van der Waals surface area (Å²) in [6, 6.07) is 9.71. The number of ketones is 1. The van der Waals surface area contributed by atoms with Gasteiger partial charge in [-0.05, 0) is 49.8 Å². The summed E-state index contributed by atoms with van der Waals surface area (Å²) in [6.07, 6.45) is 0. The molecule has 136 valence electrons. The van der Waals surface area contributed by atoms with Crippen molar-refractivity contribution in [1.29, 1.82) is 0 Å². The highest BCUT2D eigenvalue weighted by Gasteiger charge is 2.46. The molecule has 1 aromatic carbocycles. The number of aliphatic hydroxyl groups is 1. The Morgan fingerprint density at radius 3 is 2.50 bits per heavy atom. The van der Waals surface area contributed by atoms with Crippen molar-refractivity contribution in [2.75, 3.05) is 27.2 Å². The number of halogens is 1. The number of thiophene rings is 1. The van der Waals surface area contributed by atoms with Crippen molar-refractivity contribution in [3.05, 3.63) is 62.8 Å². The van der Waals surface area contributed by atoms with E-state index in [0.717, 1.165) is 4.88 Å². The summed E-state index contributed by atoms with van der Waals surface area (Å²) >= 11 is 7.36. The van der Waals surface area contributed by atoms with Crippen LogP contribution in [0.2, 0.25) is 5.02 Å². The number of nitrogens with zero attached hydrogens (tertiary/aromatic N) is 2. The standard InChI is InChI=1S/C19H19ClN2O3S/c1-21(2)9-10-22-16(14-4-3-11-26-14)15(18(24)19(22)25)17(23)12-5-7-13(20)8-6-12/h3-8,11,16,23H,9-10H2,1-2H3/b17-15+/t16-/m0/s1. The Morgan fingerprint density at radius 2 is 1.92 bits per heavy atom. The van der Waals surface area contributed by atoms with Crippen LogP contribution in [0.1, 0.15) is 16.5 Å². The van der Waals surface area contributed by atoms with E-state index in [9.17, 15) is 14.7 Å². The molecule has 1 atom stereocenters. The Kier molecular flexibility index (Phi) is 5.46. The third-order valence-corrected chi connectivity index (χ3v) is 5.44. The average Bonchev–Trinajstić information content (AvgIpc) is 3.21. The largest absolute Gasteiger partial charge is 0.507 e. The number of carbonyl (C=O) groups is 2. The van der Waals surface area contributed by atoms with Crippen LogP contribution in [0.4, 0.5) is 0 Å². The van der Waals surface area contributed by atoms with E-state index in [4.69, 9.17) is 11.6 Å². The first kappa shape index (κ1) is 18.6. The second kappa shape index (κ2) is 7.61. The lowest BCUT2D eigenvalue weighted by atomic mass is 10.00. The lowest BCUT2D eigenvalue weighted by molar-refractivity contribution is -0.140. The zero-order valence-corrected chi connectivity index (χ0v) is 16.0. The number of carbonyl (C=O) groups excluding carboxylic acids is 2. The van der Waals surface area contributed by atoms with Crippen molar-refractivity contribution in [3.8, 4) is 0 Å². The monoisotopic (exact) mass is 390 g/mol. The fourth-order valence-electron chi connectivity index (χ4n) is 2.92. The van der Waals surface area contributed by atoms with E-state index in [1.54, 1.807) is 24.3 Å². The topological polar surface area (TPSA) is 60.9 Å². The van der Waals surface area contributed by atoms with Gasteiger partial charge in [-0.15, -0.1) is 11.3 Å². The average molecular weight is 391 g/mol. The fraction of sp³-hybridized carbons (Fsp3) is 0.263. The van der Waals surface area contributed by atoms with Crippen LogP contribution in [0, 0.1) is 0 Å². The Morgan fingerprint density at radius 1 is 1.23 bits per heavy atom. The molecule has 1 aliphatic heterocycles. The lowest BCUT2D eigenvalue weighted by Crippen LogP contribution is -2.35. The number of benzene rings is 1. The van der Waals surface area contributed by atoms with Crippen LogP contribution in [0.3, 0.4) is 0 Å². The highest BCUT2D eigenvalue weighted by atomic mass is 35.5. The first-order valence-corrected chi connectivity index (χ1v) is 9.38. The van der Waals surface area contributed by atoms with Crippen LogP contribution < -0.4 is 0 Å². The molecule has 2 heterocycles. The van der Waals surface area contributed by atoms with E-state index in [1.807, 2.05) is 36.5 Å². The number of hydrogen-bond acceptors (Lipinski definition) is 5. The number of amides is 1. The molecule has 7 heteroatoms. The highest BCUT2D eigenvalue weighted by Crippen LogP contribution is 2.40. The van der Waals surface area contributed by atoms with Crippen LogP contribution in [0.5, 0.6) is 0 Å². The van der Waals surface area contributed by atoms with Crippen LogP contribution in [0.25, 0.3) is 5.76 Å². The predicted octanol–water partition coefficient (Wildman–Crippen LogP) is 3.38. The molecule has 0 unspecified atom stereocenters. The number of likely N-dealkylation sites (tertiary alicyclic amines) is 1. The molecule has 0 saturated carbocycles. The van der Waals surface area contributed by atoms with Gasteiger partial charge in [0.05, 0.1) is 11.6 Å². The molecule has 0 radical (unpaired) electrons. The van der Waals surface area contributed by atoms with Crippen molar-refractivity contribution in [3.63, 3.8) is 0 Å². The predicted molar refractivity (Wildman–Crippen MR) is 103 cm³/mol. The van der Waals surface area contributed by atoms with E-state index >= 15 is 0 Å². The Labute approximate surface area is 161 Å². The molecule has 1 aliphatic rings. The third-order valence-electron chi connectivity index (χ3n) is 4.26.